The van der Waals surface area contributed by atoms with Crippen molar-refractivity contribution in [2.24, 2.45) is 0 Å². The average molecular weight is 282 g/mol. The first kappa shape index (κ1) is 14.8. The van der Waals surface area contributed by atoms with E-state index in [2.05, 4.69) is 43.1 Å². The summed E-state index contributed by atoms with van der Waals surface area (Å²) in [6.07, 6.45) is 2.57. The summed E-state index contributed by atoms with van der Waals surface area (Å²) >= 11 is 1.85. The van der Waals surface area contributed by atoms with Crippen LogP contribution < -0.4 is 10.2 Å². The van der Waals surface area contributed by atoms with Crippen LogP contribution in [0.4, 0.5) is 5.13 Å². The van der Waals surface area contributed by atoms with Crippen molar-refractivity contribution in [1.29, 1.82) is 0 Å². The predicted octanol–water partition coefficient (Wildman–Crippen LogP) is 2.09. The van der Waals surface area contributed by atoms with Crippen molar-refractivity contribution >= 4 is 16.5 Å². The Balaban J connectivity index is 2.04. The Morgan fingerprint density at radius 3 is 2.95 bits per heavy atom. The second-order valence-electron chi connectivity index (χ2n) is 5.49. The lowest BCUT2D eigenvalue weighted by Crippen LogP contribution is -2.45. The van der Waals surface area contributed by atoms with Gasteiger partial charge in [0.1, 0.15) is 0 Å². The molecule has 1 N–H and O–H groups in total. The van der Waals surface area contributed by atoms with Gasteiger partial charge in [0.15, 0.2) is 5.13 Å². The molecule has 0 aromatic carbocycles. The van der Waals surface area contributed by atoms with E-state index in [9.17, 15) is 0 Å². The number of aromatic nitrogens is 1. The lowest BCUT2D eigenvalue weighted by Gasteiger charge is -2.35. The van der Waals surface area contributed by atoms with Gasteiger partial charge in [-0.1, -0.05) is 6.92 Å². The third-order valence-electron chi connectivity index (χ3n) is 3.81. The smallest absolute Gasteiger partial charge is 0.185 e. The number of nitrogens with zero attached hydrogens (tertiary/aromatic N) is 3. The molecule has 1 aromatic heterocycles. The zero-order chi connectivity index (χ0) is 13.8. The van der Waals surface area contributed by atoms with Crippen molar-refractivity contribution in [1.82, 2.24) is 15.2 Å². The Morgan fingerprint density at radius 1 is 1.47 bits per heavy atom. The second-order valence-corrected chi connectivity index (χ2v) is 6.55. The van der Waals surface area contributed by atoms with E-state index in [4.69, 9.17) is 4.98 Å². The number of hydrogen-bond donors (Lipinski definition) is 1. The number of aryl methyl sites for hydroxylation is 1. The van der Waals surface area contributed by atoms with Crippen molar-refractivity contribution in [2.75, 3.05) is 38.6 Å². The third kappa shape index (κ3) is 3.68. The minimum Gasteiger partial charge on any atom is -0.347 e. The molecule has 0 amide bonds. The van der Waals surface area contributed by atoms with Crippen LogP contribution in [0, 0.1) is 6.92 Å². The number of nitrogens with one attached hydrogen (secondary N) is 1. The van der Waals surface area contributed by atoms with E-state index >= 15 is 0 Å². The summed E-state index contributed by atoms with van der Waals surface area (Å²) in [7, 11) is 4.36. The number of likely N-dealkylation sites (N-methyl/N-ethyl adjacent to an activating group) is 1. The van der Waals surface area contributed by atoms with Crippen LogP contribution in [0.2, 0.25) is 0 Å². The molecule has 4 nitrogen and oxygen atoms in total. The topological polar surface area (TPSA) is 31.4 Å². The summed E-state index contributed by atoms with van der Waals surface area (Å²) in [5.74, 6) is 0. The van der Waals surface area contributed by atoms with Crippen molar-refractivity contribution in [3.05, 3.63) is 10.6 Å². The fourth-order valence-corrected chi connectivity index (χ4v) is 3.57. The molecule has 0 saturated carbocycles. The fourth-order valence-electron chi connectivity index (χ4n) is 2.50. The van der Waals surface area contributed by atoms with Gasteiger partial charge < -0.3 is 15.1 Å². The molecule has 0 radical (unpaired) electrons. The highest BCUT2D eigenvalue weighted by Gasteiger charge is 2.23. The van der Waals surface area contributed by atoms with E-state index in [-0.39, 0.29) is 0 Å². The molecule has 1 aliphatic heterocycles. The Hall–Kier alpha value is -0.650. The van der Waals surface area contributed by atoms with E-state index in [1.807, 2.05) is 11.3 Å². The zero-order valence-electron chi connectivity index (χ0n) is 12.6. The highest BCUT2D eigenvalue weighted by Crippen LogP contribution is 2.28. The maximum atomic E-state index is 4.77. The predicted molar refractivity (Wildman–Crippen MR) is 83.2 cm³/mol. The minimum absolute atomic E-state index is 0.662. The van der Waals surface area contributed by atoms with E-state index in [0.29, 0.717) is 6.04 Å². The summed E-state index contributed by atoms with van der Waals surface area (Å²) in [6, 6.07) is 0.662. The fraction of sp³-hybridized carbons (Fsp3) is 0.786. The molecular formula is C14H26N4S. The first-order valence-corrected chi connectivity index (χ1v) is 8.01. The number of piperidine rings is 1. The molecule has 0 aliphatic carbocycles. The van der Waals surface area contributed by atoms with Gasteiger partial charge in [-0.3, -0.25) is 0 Å². The van der Waals surface area contributed by atoms with Gasteiger partial charge in [0.25, 0.3) is 0 Å². The lowest BCUT2D eigenvalue weighted by molar-refractivity contribution is 0.258. The monoisotopic (exact) mass is 282 g/mol. The van der Waals surface area contributed by atoms with Crippen LogP contribution in [-0.2, 0) is 6.54 Å². The SMILES string of the molecule is CCNCc1sc(N2CCCC(N(C)C)C2)nc1C. The first-order chi connectivity index (χ1) is 9.11. The molecular weight excluding hydrogens is 256 g/mol. The van der Waals surface area contributed by atoms with Gasteiger partial charge >= 0.3 is 0 Å². The van der Waals surface area contributed by atoms with Crippen LogP contribution in [0.3, 0.4) is 0 Å². The van der Waals surface area contributed by atoms with Crippen LogP contribution in [0.5, 0.6) is 0 Å². The standard InChI is InChI=1S/C14H26N4S/c1-5-15-9-13-11(2)16-14(19-13)18-8-6-7-12(10-18)17(3)4/h12,15H,5-10H2,1-4H3. The molecule has 1 fully saturated rings. The number of thiazole rings is 1. The zero-order valence-corrected chi connectivity index (χ0v) is 13.4. The normalized spacial score (nSPS) is 20.3. The first-order valence-electron chi connectivity index (χ1n) is 7.20. The summed E-state index contributed by atoms with van der Waals surface area (Å²) in [5, 5.41) is 4.60. The van der Waals surface area contributed by atoms with E-state index in [1.165, 1.54) is 28.5 Å². The Bertz CT molecular complexity index is 402. The highest BCUT2D eigenvalue weighted by atomic mass is 32.1. The second kappa shape index (κ2) is 6.68. The van der Waals surface area contributed by atoms with Crippen molar-refractivity contribution in [3.63, 3.8) is 0 Å². The molecule has 1 saturated heterocycles. The van der Waals surface area contributed by atoms with Gasteiger partial charge in [-0.2, -0.15) is 0 Å². The van der Waals surface area contributed by atoms with E-state index in [0.717, 1.165) is 26.2 Å². The van der Waals surface area contributed by atoms with E-state index < -0.39 is 0 Å². The van der Waals surface area contributed by atoms with Crippen LogP contribution in [-0.4, -0.2) is 49.7 Å². The van der Waals surface area contributed by atoms with Crippen LogP contribution in [0.1, 0.15) is 30.3 Å². The van der Waals surface area contributed by atoms with Crippen molar-refractivity contribution in [3.8, 4) is 0 Å². The maximum Gasteiger partial charge on any atom is 0.185 e. The molecule has 1 unspecified atom stereocenters. The summed E-state index contributed by atoms with van der Waals surface area (Å²) in [4.78, 5) is 10.9. The highest BCUT2D eigenvalue weighted by molar-refractivity contribution is 7.15. The van der Waals surface area contributed by atoms with Gasteiger partial charge in [-0.25, -0.2) is 4.98 Å². The third-order valence-corrected chi connectivity index (χ3v) is 5.03. The van der Waals surface area contributed by atoms with Gasteiger partial charge in [0.2, 0.25) is 0 Å². The van der Waals surface area contributed by atoms with Gasteiger partial charge in [-0.05, 0) is 40.4 Å². The molecule has 0 spiro atoms. The molecule has 1 atom stereocenters. The Morgan fingerprint density at radius 2 is 2.26 bits per heavy atom. The van der Waals surface area contributed by atoms with Gasteiger partial charge in [-0.15, -0.1) is 11.3 Å². The molecule has 2 rings (SSSR count). The summed E-state index contributed by atoms with van der Waals surface area (Å²) < 4.78 is 0. The molecule has 5 heteroatoms. The average Bonchev–Trinajstić information content (AvgIpc) is 2.78. The van der Waals surface area contributed by atoms with Gasteiger partial charge in [0, 0.05) is 30.6 Å². The minimum atomic E-state index is 0.662. The van der Waals surface area contributed by atoms with Crippen LogP contribution in [0.25, 0.3) is 0 Å². The maximum absolute atomic E-state index is 4.77. The van der Waals surface area contributed by atoms with Crippen LogP contribution >= 0.6 is 11.3 Å². The van der Waals surface area contributed by atoms with Crippen molar-refractivity contribution < 1.29 is 0 Å². The Labute approximate surface area is 120 Å². The lowest BCUT2D eigenvalue weighted by atomic mass is 10.1. The largest absolute Gasteiger partial charge is 0.347 e. The molecule has 19 heavy (non-hydrogen) atoms. The number of anilines is 1. The number of rotatable bonds is 5. The van der Waals surface area contributed by atoms with E-state index in [1.54, 1.807) is 0 Å². The van der Waals surface area contributed by atoms with Crippen molar-refractivity contribution in [2.45, 2.75) is 39.3 Å². The Kier molecular flexibility index (Phi) is 5.19. The van der Waals surface area contributed by atoms with Crippen LogP contribution in [0.15, 0.2) is 0 Å². The number of hydrogen-bond acceptors (Lipinski definition) is 5. The molecule has 108 valence electrons. The quantitative estimate of drug-likeness (QED) is 0.896. The summed E-state index contributed by atoms with van der Waals surface area (Å²) in [6.45, 7) is 8.49. The van der Waals surface area contributed by atoms with Gasteiger partial charge in [0.05, 0.1) is 5.69 Å². The molecule has 0 bridgehead atoms. The molecule has 1 aromatic rings. The summed E-state index contributed by atoms with van der Waals surface area (Å²) in [5.41, 5.74) is 1.19. The molecule has 2 heterocycles. The molecule has 1 aliphatic rings.